The first kappa shape index (κ1) is 13.7. The van der Waals surface area contributed by atoms with Crippen molar-refractivity contribution in [2.75, 3.05) is 26.2 Å². The predicted octanol–water partition coefficient (Wildman–Crippen LogP) is 1.85. The molecule has 0 amide bonds. The third-order valence-corrected chi connectivity index (χ3v) is 3.94. The van der Waals surface area contributed by atoms with Crippen LogP contribution in [0, 0.1) is 11.3 Å². The summed E-state index contributed by atoms with van der Waals surface area (Å²) in [5.74, 6) is 1.47. The molecule has 2 fully saturated rings. The van der Waals surface area contributed by atoms with Crippen LogP contribution in [0.15, 0.2) is 4.99 Å². The first-order valence-corrected chi connectivity index (χ1v) is 7.17. The van der Waals surface area contributed by atoms with Gasteiger partial charge in [-0.3, -0.25) is 4.99 Å². The normalized spacial score (nSPS) is 27.7. The Kier molecular flexibility index (Phi) is 4.15. The molecule has 0 radical (unpaired) electrons. The fraction of sp³-hybridized carbons (Fsp3) is 0.929. The van der Waals surface area contributed by atoms with Crippen molar-refractivity contribution in [3.63, 3.8) is 0 Å². The average Bonchev–Trinajstić information content (AvgIpc) is 3.05. The molecule has 1 saturated heterocycles. The second-order valence-electron chi connectivity index (χ2n) is 6.40. The maximum absolute atomic E-state index is 6.10. The highest BCUT2D eigenvalue weighted by Crippen LogP contribution is 2.50. The monoisotopic (exact) mass is 253 g/mol. The maximum atomic E-state index is 6.10. The Morgan fingerprint density at radius 3 is 2.78 bits per heavy atom. The van der Waals surface area contributed by atoms with Crippen LogP contribution in [0.4, 0.5) is 0 Å². The van der Waals surface area contributed by atoms with Crippen LogP contribution in [-0.2, 0) is 4.74 Å². The molecule has 2 rings (SSSR count). The lowest BCUT2D eigenvalue weighted by Gasteiger charge is -2.32. The Hall–Kier alpha value is -0.770. The van der Waals surface area contributed by atoms with E-state index in [4.69, 9.17) is 10.5 Å². The lowest BCUT2D eigenvalue weighted by molar-refractivity contribution is 0.00526. The molecule has 1 heterocycles. The van der Waals surface area contributed by atoms with E-state index >= 15 is 0 Å². The average molecular weight is 253 g/mol. The predicted molar refractivity (Wildman–Crippen MR) is 74.6 cm³/mol. The van der Waals surface area contributed by atoms with Gasteiger partial charge in [-0.15, -0.1) is 0 Å². The molecule has 1 aliphatic carbocycles. The van der Waals surface area contributed by atoms with E-state index in [0.717, 1.165) is 32.2 Å². The topological polar surface area (TPSA) is 50.8 Å². The van der Waals surface area contributed by atoms with Gasteiger partial charge >= 0.3 is 0 Å². The molecular formula is C14H27N3O. The van der Waals surface area contributed by atoms with Gasteiger partial charge in [-0.2, -0.15) is 0 Å². The largest absolute Gasteiger partial charge is 0.375 e. The van der Waals surface area contributed by atoms with Crippen LogP contribution in [0.5, 0.6) is 0 Å². The summed E-state index contributed by atoms with van der Waals surface area (Å²) in [4.78, 5) is 6.79. The zero-order chi connectivity index (χ0) is 13.2. The summed E-state index contributed by atoms with van der Waals surface area (Å²) in [7, 11) is 0. The molecule has 1 aliphatic heterocycles. The molecule has 0 bridgehead atoms. The lowest BCUT2D eigenvalue weighted by atomic mass is 9.94. The van der Waals surface area contributed by atoms with E-state index in [2.05, 4.69) is 30.7 Å². The van der Waals surface area contributed by atoms with Gasteiger partial charge in [-0.05, 0) is 37.5 Å². The summed E-state index contributed by atoms with van der Waals surface area (Å²) < 4.78 is 5.52. The summed E-state index contributed by atoms with van der Waals surface area (Å²) in [6.45, 7) is 10.1. The fourth-order valence-corrected chi connectivity index (χ4v) is 2.84. The van der Waals surface area contributed by atoms with Crippen molar-refractivity contribution in [1.82, 2.24) is 4.90 Å². The number of morpholine rings is 1. The standard InChI is InChI=1S/C14H27N3O/c1-11(2)8-14(4-5-14)10-16-13(15)17-6-7-18-12(3)9-17/h11-12H,4-10H2,1-3H3,(H2,15,16). The van der Waals surface area contributed by atoms with Gasteiger partial charge < -0.3 is 15.4 Å². The highest BCUT2D eigenvalue weighted by Gasteiger charge is 2.42. The molecule has 0 spiro atoms. The molecule has 4 heteroatoms. The Morgan fingerprint density at radius 1 is 1.50 bits per heavy atom. The van der Waals surface area contributed by atoms with Gasteiger partial charge in [0.2, 0.25) is 0 Å². The maximum Gasteiger partial charge on any atom is 0.191 e. The molecule has 2 aliphatic rings. The fourth-order valence-electron chi connectivity index (χ4n) is 2.84. The van der Waals surface area contributed by atoms with Crippen LogP contribution in [0.2, 0.25) is 0 Å². The Labute approximate surface area is 111 Å². The first-order chi connectivity index (χ1) is 8.51. The van der Waals surface area contributed by atoms with Gasteiger partial charge in [0, 0.05) is 19.6 Å². The van der Waals surface area contributed by atoms with Gasteiger partial charge in [0.25, 0.3) is 0 Å². The second kappa shape index (κ2) is 5.47. The molecule has 0 aromatic carbocycles. The van der Waals surface area contributed by atoms with E-state index in [1.54, 1.807) is 0 Å². The lowest BCUT2D eigenvalue weighted by Crippen LogP contribution is -2.48. The summed E-state index contributed by atoms with van der Waals surface area (Å²) in [5, 5.41) is 0. The highest BCUT2D eigenvalue weighted by molar-refractivity contribution is 5.78. The highest BCUT2D eigenvalue weighted by atomic mass is 16.5. The molecule has 0 aromatic heterocycles. The van der Waals surface area contributed by atoms with Gasteiger partial charge in [0.1, 0.15) is 0 Å². The van der Waals surface area contributed by atoms with Crippen molar-refractivity contribution in [2.24, 2.45) is 22.1 Å². The number of nitrogens with zero attached hydrogens (tertiary/aromatic N) is 2. The summed E-state index contributed by atoms with van der Waals surface area (Å²) >= 11 is 0. The minimum Gasteiger partial charge on any atom is -0.375 e. The summed E-state index contributed by atoms with van der Waals surface area (Å²) in [6, 6.07) is 0. The van der Waals surface area contributed by atoms with Crippen molar-refractivity contribution in [2.45, 2.75) is 46.1 Å². The molecule has 1 unspecified atom stereocenters. The van der Waals surface area contributed by atoms with Crippen LogP contribution in [0.1, 0.15) is 40.0 Å². The van der Waals surface area contributed by atoms with Crippen LogP contribution in [0.3, 0.4) is 0 Å². The van der Waals surface area contributed by atoms with E-state index in [-0.39, 0.29) is 6.10 Å². The minimum absolute atomic E-state index is 0.262. The summed E-state index contributed by atoms with van der Waals surface area (Å²) in [6.07, 6.45) is 4.18. The molecule has 0 aromatic rings. The molecule has 4 nitrogen and oxygen atoms in total. The molecule has 1 saturated carbocycles. The van der Waals surface area contributed by atoms with Gasteiger partial charge in [-0.25, -0.2) is 0 Å². The number of ether oxygens (including phenoxy) is 1. The van der Waals surface area contributed by atoms with E-state index in [1.807, 2.05) is 0 Å². The van der Waals surface area contributed by atoms with Gasteiger partial charge in [0.15, 0.2) is 5.96 Å². The quantitative estimate of drug-likeness (QED) is 0.614. The Balaban J connectivity index is 1.85. The van der Waals surface area contributed by atoms with Crippen molar-refractivity contribution >= 4 is 5.96 Å². The van der Waals surface area contributed by atoms with Crippen LogP contribution >= 0.6 is 0 Å². The number of aliphatic imine (C=N–C) groups is 1. The van der Waals surface area contributed by atoms with Gasteiger partial charge in [0.05, 0.1) is 12.7 Å². The van der Waals surface area contributed by atoms with Crippen molar-refractivity contribution in [1.29, 1.82) is 0 Å². The number of hydrogen-bond donors (Lipinski definition) is 1. The zero-order valence-electron chi connectivity index (χ0n) is 12.0. The molecule has 1 atom stereocenters. The van der Waals surface area contributed by atoms with Crippen LogP contribution in [-0.4, -0.2) is 43.2 Å². The smallest absolute Gasteiger partial charge is 0.191 e. The Morgan fingerprint density at radius 2 is 2.22 bits per heavy atom. The van der Waals surface area contributed by atoms with Gasteiger partial charge in [-0.1, -0.05) is 13.8 Å². The Bertz CT molecular complexity index is 310. The SMILES string of the molecule is CC(C)CC1(CN=C(N)N2CCOC(C)C2)CC1. The van der Waals surface area contributed by atoms with Crippen LogP contribution in [0.25, 0.3) is 0 Å². The molecular weight excluding hydrogens is 226 g/mol. The number of hydrogen-bond acceptors (Lipinski definition) is 2. The first-order valence-electron chi connectivity index (χ1n) is 7.17. The third-order valence-electron chi connectivity index (χ3n) is 3.94. The van der Waals surface area contributed by atoms with E-state index in [9.17, 15) is 0 Å². The second-order valence-corrected chi connectivity index (χ2v) is 6.40. The van der Waals surface area contributed by atoms with Crippen molar-refractivity contribution in [3.05, 3.63) is 0 Å². The number of guanidine groups is 1. The van der Waals surface area contributed by atoms with Crippen molar-refractivity contribution in [3.8, 4) is 0 Å². The molecule has 18 heavy (non-hydrogen) atoms. The zero-order valence-corrected chi connectivity index (χ0v) is 12.0. The van der Waals surface area contributed by atoms with Crippen LogP contribution < -0.4 is 5.73 Å². The number of nitrogens with two attached hydrogens (primary N) is 1. The van der Waals surface area contributed by atoms with E-state index in [0.29, 0.717) is 11.4 Å². The van der Waals surface area contributed by atoms with E-state index < -0.39 is 0 Å². The minimum atomic E-state index is 0.262. The number of rotatable bonds is 4. The van der Waals surface area contributed by atoms with Crippen molar-refractivity contribution < 1.29 is 4.74 Å². The van der Waals surface area contributed by atoms with E-state index in [1.165, 1.54) is 19.3 Å². The molecule has 2 N–H and O–H groups in total. The molecule has 104 valence electrons. The summed E-state index contributed by atoms with van der Waals surface area (Å²) in [5.41, 5.74) is 6.57. The third kappa shape index (κ3) is 3.61.